The zero-order valence-corrected chi connectivity index (χ0v) is 11.6. The first-order valence-corrected chi connectivity index (χ1v) is 6.39. The molecule has 21 heavy (non-hydrogen) atoms. The second kappa shape index (κ2) is 6.07. The van der Waals surface area contributed by atoms with Crippen LogP contribution in [0.5, 0.6) is 0 Å². The van der Waals surface area contributed by atoms with Gasteiger partial charge < -0.3 is 10.0 Å². The standard InChI is InChI=1S/C14H12ClFN2O3/c1-2-7-17-8-11(12(15)19)13(20)18(14(17)21)10-5-3-9(16)4-6-10/h2-6,8,14,21H,1,7H2. The molecule has 1 N–H and O–H groups in total. The summed E-state index contributed by atoms with van der Waals surface area (Å²) in [5.41, 5.74) is -0.0420. The Kier molecular flexibility index (Phi) is 4.40. The molecule has 1 aliphatic heterocycles. The number of hydrogen-bond donors (Lipinski definition) is 1. The number of nitrogens with zero attached hydrogens (tertiary/aromatic N) is 2. The summed E-state index contributed by atoms with van der Waals surface area (Å²) in [4.78, 5) is 25.9. The molecule has 0 aromatic heterocycles. The van der Waals surface area contributed by atoms with E-state index in [0.717, 1.165) is 17.0 Å². The van der Waals surface area contributed by atoms with Crippen LogP contribution in [0.1, 0.15) is 0 Å². The number of aliphatic hydroxyl groups excluding tert-OH is 1. The van der Waals surface area contributed by atoms with Crippen molar-refractivity contribution >= 4 is 28.4 Å². The molecule has 1 heterocycles. The first-order valence-electron chi connectivity index (χ1n) is 6.01. The highest BCUT2D eigenvalue weighted by Crippen LogP contribution is 2.26. The Hall–Kier alpha value is -2.18. The summed E-state index contributed by atoms with van der Waals surface area (Å²) in [6.45, 7) is 3.73. The van der Waals surface area contributed by atoms with Gasteiger partial charge in [0.15, 0.2) is 0 Å². The molecule has 5 nitrogen and oxygen atoms in total. The number of carbonyl (C=O) groups excluding carboxylic acids is 2. The minimum absolute atomic E-state index is 0.194. The van der Waals surface area contributed by atoms with Gasteiger partial charge in [-0.25, -0.2) is 4.39 Å². The number of rotatable bonds is 4. The number of benzene rings is 1. The molecule has 0 saturated heterocycles. The third kappa shape index (κ3) is 2.96. The maximum absolute atomic E-state index is 13.0. The average Bonchev–Trinajstić information content (AvgIpc) is 2.44. The van der Waals surface area contributed by atoms with Gasteiger partial charge in [-0.1, -0.05) is 6.08 Å². The smallest absolute Gasteiger partial charge is 0.268 e. The lowest BCUT2D eigenvalue weighted by molar-refractivity contribution is -0.123. The van der Waals surface area contributed by atoms with E-state index in [4.69, 9.17) is 11.6 Å². The molecule has 1 amide bonds. The van der Waals surface area contributed by atoms with E-state index in [0.29, 0.717) is 0 Å². The molecule has 7 heteroatoms. The third-order valence-electron chi connectivity index (χ3n) is 2.93. The minimum atomic E-state index is -1.35. The lowest BCUT2D eigenvalue weighted by atomic mass is 10.2. The SMILES string of the molecule is C=CCN1C=C(C(=O)Cl)C(=O)N(c2ccc(F)cc2)C1O. The molecule has 2 rings (SSSR count). The second-order valence-electron chi connectivity index (χ2n) is 4.30. The quantitative estimate of drug-likeness (QED) is 0.521. The van der Waals surface area contributed by atoms with E-state index in [1.165, 1.54) is 29.3 Å². The lowest BCUT2D eigenvalue weighted by Gasteiger charge is -2.38. The van der Waals surface area contributed by atoms with Crippen molar-refractivity contribution < 1.29 is 19.1 Å². The fourth-order valence-corrected chi connectivity index (χ4v) is 2.08. The first kappa shape index (κ1) is 15.2. The van der Waals surface area contributed by atoms with Crippen LogP contribution in [0.4, 0.5) is 10.1 Å². The zero-order valence-electron chi connectivity index (χ0n) is 10.9. The third-order valence-corrected chi connectivity index (χ3v) is 3.13. The van der Waals surface area contributed by atoms with Crippen molar-refractivity contribution in [1.29, 1.82) is 0 Å². The molecule has 1 aromatic carbocycles. The number of amides is 1. The predicted octanol–water partition coefficient (Wildman–Crippen LogP) is 1.59. The summed E-state index contributed by atoms with van der Waals surface area (Å²) in [5.74, 6) is -1.24. The maximum Gasteiger partial charge on any atom is 0.268 e. The average molecular weight is 311 g/mol. The van der Waals surface area contributed by atoms with Gasteiger partial charge >= 0.3 is 0 Å². The Labute approximate surface area is 125 Å². The summed E-state index contributed by atoms with van der Waals surface area (Å²) in [5, 5.41) is 9.31. The Balaban J connectivity index is 2.46. The Bertz CT molecular complexity index is 615. The van der Waals surface area contributed by atoms with Crippen molar-refractivity contribution in [3.05, 3.63) is 54.5 Å². The van der Waals surface area contributed by atoms with E-state index in [1.54, 1.807) is 0 Å². The number of carbonyl (C=O) groups is 2. The van der Waals surface area contributed by atoms with Crippen molar-refractivity contribution in [2.45, 2.75) is 6.35 Å². The van der Waals surface area contributed by atoms with Crippen LogP contribution in [-0.4, -0.2) is 34.1 Å². The number of aliphatic hydroxyl groups is 1. The minimum Gasteiger partial charge on any atom is -0.356 e. The van der Waals surface area contributed by atoms with E-state index in [2.05, 4.69) is 6.58 Å². The molecule has 0 aliphatic carbocycles. The molecular weight excluding hydrogens is 299 g/mol. The van der Waals surface area contributed by atoms with E-state index < -0.39 is 23.3 Å². The first-order chi connectivity index (χ1) is 9.95. The van der Waals surface area contributed by atoms with Gasteiger partial charge in [-0.05, 0) is 35.9 Å². The predicted molar refractivity (Wildman–Crippen MR) is 75.7 cm³/mol. The molecule has 0 saturated carbocycles. The topological polar surface area (TPSA) is 60.9 Å². The van der Waals surface area contributed by atoms with Gasteiger partial charge in [0.1, 0.15) is 11.4 Å². The highest BCUT2D eigenvalue weighted by molar-refractivity contribution is 6.71. The summed E-state index contributed by atoms with van der Waals surface area (Å²) < 4.78 is 13.0. The van der Waals surface area contributed by atoms with Gasteiger partial charge in [-0.15, -0.1) is 6.58 Å². The monoisotopic (exact) mass is 310 g/mol. The van der Waals surface area contributed by atoms with Crippen LogP contribution in [0.25, 0.3) is 0 Å². The molecule has 1 atom stereocenters. The summed E-state index contributed by atoms with van der Waals surface area (Å²) in [6, 6.07) is 4.94. The molecule has 110 valence electrons. The van der Waals surface area contributed by atoms with Gasteiger partial charge in [-0.3, -0.25) is 14.5 Å². The largest absolute Gasteiger partial charge is 0.356 e. The van der Waals surface area contributed by atoms with Gasteiger partial charge in [0.05, 0.1) is 0 Å². The van der Waals surface area contributed by atoms with E-state index >= 15 is 0 Å². The molecule has 0 spiro atoms. The van der Waals surface area contributed by atoms with Crippen LogP contribution < -0.4 is 4.90 Å². The van der Waals surface area contributed by atoms with Crippen molar-refractivity contribution in [2.75, 3.05) is 11.4 Å². The highest BCUT2D eigenvalue weighted by Gasteiger charge is 2.36. The van der Waals surface area contributed by atoms with Gasteiger partial charge in [0, 0.05) is 18.4 Å². The Morgan fingerprint density at radius 2 is 2.05 bits per heavy atom. The van der Waals surface area contributed by atoms with Crippen molar-refractivity contribution in [1.82, 2.24) is 4.90 Å². The normalized spacial score (nSPS) is 18.5. The second-order valence-corrected chi connectivity index (χ2v) is 4.64. The van der Waals surface area contributed by atoms with E-state index in [1.807, 2.05) is 0 Å². The molecule has 1 aliphatic rings. The van der Waals surface area contributed by atoms with E-state index in [9.17, 15) is 19.1 Å². The van der Waals surface area contributed by atoms with Gasteiger partial charge in [0.25, 0.3) is 11.1 Å². The van der Waals surface area contributed by atoms with Crippen LogP contribution in [0, 0.1) is 5.82 Å². The van der Waals surface area contributed by atoms with Gasteiger partial charge in [-0.2, -0.15) is 0 Å². The van der Waals surface area contributed by atoms with Crippen molar-refractivity contribution in [3.63, 3.8) is 0 Å². The summed E-state index contributed by atoms with van der Waals surface area (Å²) in [6.07, 6.45) is 1.33. The van der Waals surface area contributed by atoms with Gasteiger partial charge in [0.2, 0.25) is 6.35 Å². The zero-order chi connectivity index (χ0) is 15.6. The summed E-state index contributed by atoms with van der Waals surface area (Å²) in [7, 11) is 0. The Morgan fingerprint density at radius 1 is 1.43 bits per heavy atom. The molecule has 0 bridgehead atoms. The van der Waals surface area contributed by atoms with Crippen molar-refractivity contribution in [2.24, 2.45) is 0 Å². The molecular formula is C14H12ClFN2O3. The Morgan fingerprint density at radius 3 is 2.57 bits per heavy atom. The van der Waals surface area contributed by atoms with Crippen LogP contribution in [-0.2, 0) is 9.59 Å². The summed E-state index contributed by atoms with van der Waals surface area (Å²) >= 11 is 5.39. The number of anilines is 1. The van der Waals surface area contributed by atoms with E-state index in [-0.39, 0.29) is 17.8 Å². The van der Waals surface area contributed by atoms with Crippen molar-refractivity contribution in [3.8, 4) is 0 Å². The van der Waals surface area contributed by atoms with Crippen LogP contribution in [0.2, 0.25) is 0 Å². The maximum atomic E-state index is 13.0. The highest BCUT2D eigenvalue weighted by atomic mass is 35.5. The molecule has 0 fully saturated rings. The fraction of sp³-hybridized carbons (Fsp3) is 0.143. The lowest BCUT2D eigenvalue weighted by Crippen LogP contribution is -2.54. The van der Waals surface area contributed by atoms with Crippen LogP contribution >= 0.6 is 11.6 Å². The van der Waals surface area contributed by atoms with Crippen LogP contribution in [0.15, 0.2) is 48.7 Å². The van der Waals surface area contributed by atoms with Crippen LogP contribution in [0.3, 0.4) is 0 Å². The molecule has 1 aromatic rings. The fourth-order valence-electron chi connectivity index (χ4n) is 1.95. The molecule has 0 radical (unpaired) electrons. The number of halogens is 2. The number of hydrogen-bond acceptors (Lipinski definition) is 4. The molecule has 1 unspecified atom stereocenters.